The standard InChI is InChI=1S/C19H22N2OS/c1-2-3-5-15-7-9-16(10-8-15)18(22)21-12-13-23-19(21)17-6-4-11-20-14-17/h4,6-11,14,19H,2-3,5,12-13H2,1H3/t19-/m1/s1. The molecule has 2 heterocycles. The van der Waals surface area contributed by atoms with E-state index in [2.05, 4.69) is 24.0 Å². The summed E-state index contributed by atoms with van der Waals surface area (Å²) in [7, 11) is 0. The molecule has 1 amide bonds. The van der Waals surface area contributed by atoms with Crippen molar-refractivity contribution in [3.05, 3.63) is 65.5 Å². The number of aryl methyl sites for hydroxylation is 1. The van der Waals surface area contributed by atoms with Gasteiger partial charge in [-0.1, -0.05) is 31.5 Å². The quantitative estimate of drug-likeness (QED) is 0.821. The fraction of sp³-hybridized carbons (Fsp3) is 0.368. The summed E-state index contributed by atoms with van der Waals surface area (Å²) < 4.78 is 0. The molecule has 1 aliphatic rings. The molecule has 3 rings (SSSR count). The monoisotopic (exact) mass is 326 g/mol. The van der Waals surface area contributed by atoms with Crippen LogP contribution in [0.25, 0.3) is 0 Å². The number of carbonyl (C=O) groups excluding carboxylic acids is 1. The number of benzene rings is 1. The van der Waals surface area contributed by atoms with Gasteiger partial charge in [0.15, 0.2) is 0 Å². The Labute approximate surface area is 142 Å². The summed E-state index contributed by atoms with van der Waals surface area (Å²) in [5, 5.41) is 0.0796. The maximum Gasteiger partial charge on any atom is 0.255 e. The van der Waals surface area contributed by atoms with Crippen LogP contribution in [0.15, 0.2) is 48.8 Å². The smallest absolute Gasteiger partial charge is 0.255 e. The second-order valence-corrected chi connectivity index (χ2v) is 7.00. The molecule has 0 N–H and O–H groups in total. The second kappa shape index (κ2) is 7.64. The molecule has 0 saturated carbocycles. The zero-order chi connectivity index (χ0) is 16.1. The van der Waals surface area contributed by atoms with Crippen molar-refractivity contribution >= 4 is 17.7 Å². The van der Waals surface area contributed by atoms with Gasteiger partial charge in [-0.05, 0) is 36.6 Å². The Morgan fingerprint density at radius 1 is 1.30 bits per heavy atom. The fourth-order valence-corrected chi connectivity index (χ4v) is 4.08. The number of unbranched alkanes of at least 4 members (excludes halogenated alkanes) is 1. The number of amides is 1. The molecular weight excluding hydrogens is 304 g/mol. The average Bonchev–Trinajstić information content (AvgIpc) is 3.10. The normalized spacial score (nSPS) is 17.4. The van der Waals surface area contributed by atoms with Crippen LogP contribution in [0.3, 0.4) is 0 Å². The molecule has 1 aromatic carbocycles. The molecule has 120 valence electrons. The van der Waals surface area contributed by atoms with Crippen LogP contribution in [0.1, 0.15) is 46.6 Å². The van der Waals surface area contributed by atoms with E-state index >= 15 is 0 Å². The first-order valence-corrected chi connectivity index (χ1v) is 9.26. The van der Waals surface area contributed by atoms with Gasteiger partial charge in [-0.2, -0.15) is 0 Å². The molecule has 1 atom stereocenters. The molecule has 0 spiro atoms. The van der Waals surface area contributed by atoms with Gasteiger partial charge in [0.1, 0.15) is 5.37 Å². The molecule has 4 heteroatoms. The SMILES string of the molecule is CCCCc1ccc(C(=O)N2CCS[C@@H]2c2cccnc2)cc1. The van der Waals surface area contributed by atoms with Crippen molar-refractivity contribution in [2.45, 2.75) is 31.6 Å². The lowest BCUT2D eigenvalue weighted by Crippen LogP contribution is -2.30. The van der Waals surface area contributed by atoms with E-state index in [0.29, 0.717) is 0 Å². The van der Waals surface area contributed by atoms with Crippen molar-refractivity contribution in [3.63, 3.8) is 0 Å². The first-order chi connectivity index (χ1) is 11.3. The third-order valence-electron chi connectivity index (χ3n) is 4.14. The maximum atomic E-state index is 12.8. The number of pyridine rings is 1. The average molecular weight is 326 g/mol. The van der Waals surface area contributed by atoms with Gasteiger partial charge in [0.2, 0.25) is 0 Å². The van der Waals surface area contributed by atoms with Crippen LogP contribution < -0.4 is 0 Å². The zero-order valence-electron chi connectivity index (χ0n) is 13.4. The van der Waals surface area contributed by atoms with Gasteiger partial charge in [-0.3, -0.25) is 9.78 Å². The lowest BCUT2D eigenvalue weighted by molar-refractivity contribution is 0.0760. The summed E-state index contributed by atoms with van der Waals surface area (Å²) >= 11 is 1.81. The maximum absolute atomic E-state index is 12.8. The molecule has 3 nitrogen and oxygen atoms in total. The van der Waals surface area contributed by atoms with E-state index in [1.807, 2.05) is 35.4 Å². The largest absolute Gasteiger partial charge is 0.322 e. The minimum Gasteiger partial charge on any atom is -0.322 e. The number of carbonyl (C=O) groups is 1. The van der Waals surface area contributed by atoms with Gasteiger partial charge >= 0.3 is 0 Å². The molecule has 1 fully saturated rings. The Bertz CT molecular complexity index is 642. The third kappa shape index (κ3) is 3.75. The van der Waals surface area contributed by atoms with Crippen molar-refractivity contribution in [2.75, 3.05) is 12.3 Å². The van der Waals surface area contributed by atoms with E-state index in [1.165, 1.54) is 18.4 Å². The molecule has 1 aliphatic heterocycles. The van der Waals surface area contributed by atoms with Crippen molar-refractivity contribution < 1.29 is 4.79 Å². The molecule has 0 unspecified atom stereocenters. The lowest BCUT2D eigenvalue weighted by Gasteiger charge is -2.24. The molecule has 1 aromatic heterocycles. The highest BCUT2D eigenvalue weighted by atomic mass is 32.2. The Kier molecular flexibility index (Phi) is 5.34. The summed E-state index contributed by atoms with van der Waals surface area (Å²) in [6, 6.07) is 12.1. The molecule has 0 radical (unpaired) electrons. The number of rotatable bonds is 5. The minimum absolute atomic E-state index is 0.0796. The van der Waals surface area contributed by atoms with Crippen LogP contribution in [-0.4, -0.2) is 28.1 Å². The van der Waals surface area contributed by atoms with Crippen LogP contribution >= 0.6 is 11.8 Å². The van der Waals surface area contributed by atoms with Crippen molar-refractivity contribution in [1.82, 2.24) is 9.88 Å². The van der Waals surface area contributed by atoms with Gasteiger partial charge in [0.25, 0.3) is 5.91 Å². The van der Waals surface area contributed by atoms with Gasteiger partial charge in [0.05, 0.1) is 0 Å². The summed E-state index contributed by atoms with van der Waals surface area (Å²) in [5.41, 5.74) is 3.19. The van der Waals surface area contributed by atoms with Crippen LogP contribution in [0.5, 0.6) is 0 Å². The molecular formula is C19H22N2OS. The van der Waals surface area contributed by atoms with E-state index in [9.17, 15) is 4.79 Å². The Morgan fingerprint density at radius 2 is 2.13 bits per heavy atom. The van der Waals surface area contributed by atoms with Gasteiger partial charge in [-0.15, -0.1) is 11.8 Å². The van der Waals surface area contributed by atoms with Crippen molar-refractivity contribution in [2.24, 2.45) is 0 Å². The molecule has 23 heavy (non-hydrogen) atoms. The topological polar surface area (TPSA) is 33.2 Å². The summed E-state index contributed by atoms with van der Waals surface area (Å²) in [6.07, 6.45) is 7.10. The summed E-state index contributed by atoms with van der Waals surface area (Å²) in [4.78, 5) is 19.0. The molecule has 0 aliphatic carbocycles. The van der Waals surface area contributed by atoms with Gasteiger partial charge in [0, 0.05) is 35.8 Å². The second-order valence-electron chi connectivity index (χ2n) is 5.81. The molecule has 2 aromatic rings. The van der Waals surface area contributed by atoms with Gasteiger partial charge < -0.3 is 4.90 Å². The van der Waals surface area contributed by atoms with E-state index in [4.69, 9.17) is 0 Å². The predicted octanol–water partition coefficient (Wildman–Crippen LogP) is 4.31. The number of hydrogen-bond donors (Lipinski definition) is 0. The first kappa shape index (κ1) is 16.1. The summed E-state index contributed by atoms with van der Waals surface area (Å²) in [6.45, 7) is 2.99. The molecule has 1 saturated heterocycles. The zero-order valence-corrected chi connectivity index (χ0v) is 14.3. The van der Waals surface area contributed by atoms with Gasteiger partial charge in [-0.25, -0.2) is 0 Å². The van der Waals surface area contributed by atoms with Crippen LogP contribution in [0.4, 0.5) is 0 Å². The predicted molar refractivity (Wildman–Crippen MR) is 95.5 cm³/mol. The van der Waals surface area contributed by atoms with Crippen molar-refractivity contribution in [3.8, 4) is 0 Å². The van der Waals surface area contributed by atoms with Crippen LogP contribution in [0, 0.1) is 0 Å². The lowest BCUT2D eigenvalue weighted by atomic mass is 10.1. The number of nitrogens with zero attached hydrogens (tertiary/aromatic N) is 2. The molecule has 0 bridgehead atoms. The highest BCUT2D eigenvalue weighted by molar-refractivity contribution is 7.99. The first-order valence-electron chi connectivity index (χ1n) is 8.21. The van der Waals surface area contributed by atoms with Crippen LogP contribution in [-0.2, 0) is 6.42 Å². The Hall–Kier alpha value is -1.81. The fourth-order valence-electron chi connectivity index (χ4n) is 2.84. The number of hydrogen-bond acceptors (Lipinski definition) is 3. The third-order valence-corrected chi connectivity index (χ3v) is 5.40. The van der Waals surface area contributed by atoms with E-state index < -0.39 is 0 Å². The summed E-state index contributed by atoms with van der Waals surface area (Å²) in [5.74, 6) is 1.09. The Balaban J connectivity index is 1.74. The van der Waals surface area contributed by atoms with E-state index in [0.717, 1.165) is 29.8 Å². The van der Waals surface area contributed by atoms with Crippen molar-refractivity contribution in [1.29, 1.82) is 0 Å². The number of thioether (sulfide) groups is 1. The highest BCUT2D eigenvalue weighted by Crippen LogP contribution is 2.38. The van der Waals surface area contributed by atoms with Crippen LogP contribution in [0.2, 0.25) is 0 Å². The highest BCUT2D eigenvalue weighted by Gasteiger charge is 2.31. The minimum atomic E-state index is 0.0796. The van der Waals surface area contributed by atoms with E-state index in [1.54, 1.807) is 18.0 Å². The number of aromatic nitrogens is 1. The Morgan fingerprint density at radius 3 is 2.83 bits per heavy atom. The van der Waals surface area contributed by atoms with E-state index in [-0.39, 0.29) is 11.3 Å².